The number of hydrogen-bond donors (Lipinski definition) is 1. The van der Waals surface area contributed by atoms with Gasteiger partial charge >= 0.3 is 6.18 Å². The molecule has 0 spiro atoms. The lowest BCUT2D eigenvalue weighted by Gasteiger charge is -2.10. The van der Waals surface area contributed by atoms with E-state index in [4.69, 9.17) is 0 Å². The fourth-order valence-corrected chi connectivity index (χ4v) is 1.06. The van der Waals surface area contributed by atoms with E-state index in [0.717, 1.165) is 17.7 Å². The van der Waals surface area contributed by atoms with Crippen LogP contribution in [0.3, 0.4) is 0 Å². The van der Waals surface area contributed by atoms with E-state index in [1.807, 2.05) is 0 Å². The van der Waals surface area contributed by atoms with Gasteiger partial charge in [0.2, 0.25) is 0 Å². The normalized spacial score (nSPS) is 11.2. The van der Waals surface area contributed by atoms with Gasteiger partial charge in [0.25, 0.3) is 0 Å². The van der Waals surface area contributed by atoms with Crippen LogP contribution in [0.15, 0.2) is 36.4 Å². The highest BCUT2D eigenvalue weighted by Gasteiger charge is 2.30. The van der Waals surface area contributed by atoms with Gasteiger partial charge in [0, 0.05) is 12.2 Å². The van der Waals surface area contributed by atoms with Crippen molar-refractivity contribution in [1.82, 2.24) is 0 Å². The van der Waals surface area contributed by atoms with Crippen molar-refractivity contribution in [3.05, 3.63) is 42.0 Å². The molecule has 0 fully saturated rings. The van der Waals surface area contributed by atoms with E-state index in [-0.39, 0.29) is 0 Å². The lowest BCUT2D eigenvalue weighted by molar-refractivity contribution is -0.137. The van der Waals surface area contributed by atoms with Crippen molar-refractivity contribution >= 4 is 5.69 Å². The average molecular weight is 215 g/mol. The van der Waals surface area contributed by atoms with Crippen molar-refractivity contribution in [2.24, 2.45) is 0 Å². The minimum atomic E-state index is -4.29. The van der Waals surface area contributed by atoms with Gasteiger partial charge in [0.05, 0.1) is 5.56 Å². The molecule has 0 aliphatic carbocycles. The van der Waals surface area contributed by atoms with Crippen LogP contribution in [0.2, 0.25) is 0 Å². The summed E-state index contributed by atoms with van der Waals surface area (Å²) in [4.78, 5) is 0. The molecule has 0 saturated heterocycles. The molecule has 0 aliphatic heterocycles. The third kappa shape index (κ3) is 3.65. The molecule has 0 amide bonds. The Hall–Kier alpha value is -1.45. The first kappa shape index (κ1) is 11.6. The smallest absolute Gasteiger partial charge is 0.381 e. The molecule has 1 aromatic carbocycles. The Morgan fingerprint density at radius 3 is 2.60 bits per heavy atom. The molecule has 0 unspecified atom stereocenters. The first-order valence-corrected chi connectivity index (χ1v) is 4.45. The van der Waals surface area contributed by atoms with Gasteiger partial charge < -0.3 is 5.32 Å². The predicted molar refractivity (Wildman–Crippen MR) is 54.7 cm³/mol. The van der Waals surface area contributed by atoms with Gasteiger partial charge in [-0.3, -0.25) is 0 Å². The third-order valence-electron chi connectivity index (χ3n) is 1.78. The van der Waals surface area contributed by atoms with E-state index >= 15 is 0 Å². The molecule has 1 aromatic rings. The van der Waals surface area contributed by atoms with Gasteiger partial charge in [-0.05, 0) is 25.1 Å². The number of alkyl halides is 3. The van der Waals surface area contributed by atoms with Crippen molar-refractivity contribution in [1.29, 1.82) is 0 Å². The Morgan fingerprint density at radius 1 is 1.40 bits per heavy atom. The summed E-state index contributed by atoms with van der Waals surface area (Å²) in [5, 5.41) is 2.86. The van der Waals surface area contributed by atoms with Crippen LogP contribution in [0, 0.1) is 0 Å². The second kappa shape index (κ2) is 4.38. The number of anilines is 1. The highest BCUT2D eigenvalue weighted by Crippen LogP contribution is 2.30. The van der Waals surface area contributed by atoms with Gasteiger partial charge in [-0.15, -0.1) is 0 Å². The van der Waals surface area contributed by atoms with Gasteiger partial charge in [-0.2, -0.15) is 13.2 Å². The summed E-state index contributed by atoms with van der Waals surface area (Å²) in [6.07, 6.45) is -4.29. The highest BCUT2D eigenvalue weighted by atomic mass is 19.4. The lowest BCUT2D eigenvalue weighted by Crippen LogP contribution is -2.07. The molecule has 1 nitrogen and oxygen atoms in total. The second-order valence-corrected chi connectivity index (χ2v) is 3.39. The zero-order valence-corrected chi connectivity index (χ0v) is 8.36. The van der Waals surface area contributed by atoms with Crippen LogP contribution in [-0.2, 0) is 6.18 Å². The Labute approximate surface area is 86.6 Å². The average Bonchev–Trinajstić information content (AvgIpc) is 2.14. The van der Waals surface area contributed by atoms with Crippen LogP contribution in [0.1, 0.15) is 12.5 Å². The molecule has 0 heterocycles. The Morgan fingerprint density at radius 2 is 2.07 bits per heavy atom. The van der Waals surface area contributed by atoms with Crippen LogP contribution in [0.4, 0.5) is 18.9 Å². The monoisotopic (exact) mass is 215 g/mol. The van der Waals surface area contributed by atoms with Crippen LogP contribution in [0.5, 0.6) is 0 Å². The molecule has 0 saturated carbocycles. The topological polar surface area (TPSA) is 12.0 Å². The Kier molecular flexibility index (Phi) is 3.39. The second-order valence-electron chi connectivity index (χ2n) is 3.39. The zero-order valence-electron chi connectivity index (χ0n) is 8.36. The van der Waals surface area contributed by atoms with Gasteiger partial charge in [0.1, 0.15) is 0 Å². The van der Waals surface area contributed by atoms with Crippen LogP contribution >= 0.6 is 0 Å². The summed E-state index contributed by atoms with van der Waals surface area (Å²) in [6, 6.07) is 5.11. The maximum Gasteiger partial charge on any atom is 0.416 e. The molecule has 0 bridgehead atoms. The van der Waals surface area contributed by atoms with E-state index in [1.165, 1.54) is 6.07 Å². The predicted octanol–water partition coefficient (Wildman–Crippen LogP) is 3.69. The van der Waals surface area contributed by atoms with Crippen LogP contribution in [-0.4, -0.2) is 6.54 Å². The van der Waals surface area contributed by atoms with E-state index in [2.05, 4.69) is 11.9 Å². The van der Waals surface area contributed by atoms with Crippen molar-refractivity contribution < 1.29 is 13.2 Å². The molecular weight excluding hydrogens is 203 g/mol. The molecular formula is C11H12F3N. The maximum atomic E-state index is 12.3. The summed E-state index contributed by atoms with van der Waals surface area (Å²) < 4.78 is 37.0. The molecule has 0 atom stereocenters. The first-order valence-electron chi connectivity index (χ1n) is 4.45. The van der Waals surface area contributed by atoms with Gasteiger partial charge in [-0.25, -0.2) is 0 Å². The fraction of sp³-hybridized carbons (Fsp3) is 0.273. The Bertz CT molecular complexity index is 355. The van der Waals surface area contributed by atoms with Gasteiger partial charge in [-0.1, -0.05) is 18.2 Å². The number of rotatable bonds is 3. The highest BCUT2D eigenvalue weighted by molar-refractivity contribution is 5.47. The third-order valence-corrected chi connectivity index (χ3v) is 1.78. The summed E-state index contributed by atoms with van der Waals surface area (Å²) in [7, 11) is 0. The first-order chi connectivity index (χ1) is 6.89. The molecule has 1 rings (SSSR count). The molecule has 0 aromatic heterocycles. The summed E-state index contributed by atoms with van der Waals surface area (Å²) in [6.45, 7) is 5.94. The van der Waals surface area contributed by atoms with Crippen molar-refractivity contribution in [2.45, 2.75) is 13.1 Å². The zero-order chi connectivity index (χ0) is 11.5. The van der Waals surface area contributed by atoms with Crippen molar-refractivity contribution in [2.75, 3.05) is 11.9 Å². The summed E-state index contributed by atoms with van der Waals surface area (Å²) in [5.74, 6) is 0. The molecule has 15 heavy (non-hydrogen) atoms. The minimum Gasteiger partial charge on any atom is -0.381 e. The largest absolute Gasteiger partial charge is 0.416 e. The lowest BCUT2D eigenvalue weighted by atomic mass is 10.2. The van der Waals surface area contributed by atoms with Crippen LogP contribution < -0.4 is 5.32 Å². The summed E-state index contributed by atoms with van der Waals surface area (Å²) in [5.41, 5.74) is 0.675. The van der Waals surface area contributed by atoms with E-state index in [1.54, 1.807) is 13.0 Å². The number of nitrogens with one attached hydrogen (secondary N) is 1. The van der Waals surface area contributed by atoms with Crippen molar-refractivity contribution in [3.8, 4) is 0 Å². The maximum absolute atomic E-state index is 12.3. The van der Waals surface area contributed by atoms with Crippen molar-refractivity contribution in [3.63, 3.8) is 0 Å². The number of benzene rings is 1. The standard InChI is InChI=1S/C11H12F3N/c1-8(2)7-15-10-5-3-4-9(6-10)11(12,13)14/h3-6,15H,1,7H2,2H3. The molecule has 82 valence electrons. The van der Waals surface area contributed by atoms with E-state index < -0.39 is 11.7 Å². The van der Waals surface area contributed by atoms with Crippen LogP contribution in [0.25, 0.3) is 0 Å². The SMILES string of the molecule is C=C(C)CNc1cccc(C(F)(F)F)c1. The molecule has 4 heteroatoms. The fourth-order valence-electron chi connectivity index (χ4n) is 1.06. The minimum absolute atomic E-state index is 0.452. The molecule has 1 N–H and O–H groups in total. The molecule has 0 aliphatic rings. The number of halogens is 3. The van der Waals surface area contributed by atoms with Gasteiger partial charge in [0.15, 0.2) is 0 Å². The Balaban J connectivity index is 2.79. The van der Waals surface area contributed by atoms with E-state index in [9.17, 15) is 13.2 Å². The summed E-state index contributed by atoms with van der Waals surface area (Å²) >= 11 is 0. The van der Waals surface area contributed by atoms with E-state index in [0.29, 0.717) is 12.2 Å². The quantitative estimate of drug-likeness (QED) is 0.758. The number of hydrogen-bond acceptors (Lipinski definition) is 1. The molecule has 0 radical (unpaired) electrons.